The number of morpholine rings is 1. The van der Waals surface area contributed by atoms with Crippen molar-refractivity contribution in [3.05, 3.63) is 70.2 Å². The molecule has 6 heteroatoms. The Morgan fingerprint density at radius 3 is 2.33 bits per heavy atom. The molecule has 0 spiro atoms. The second-order valence-electron chi connectivity index (χ2n) is 5.27. The third kappa shape index (κ3) is 4.21. The molecule has 1 fully saturated rings. The Labute approximate surface area is 149 Å². The molecule has 0 bridgehead atoms. The second kappa shape index (κ2) is 8.08. The molecule has 0 N–H and O–H groups in total. The zero-order valence-electron chi connectivity index (χ0n) is 13.0. The molecule has 5 nitrogen and oxygen atoms in total. The highest BCUT2D eigenvalue weighted by molar-refractivity contribution is 9.10. The van der Waals surface area contributed by atoms with E-state index in [9.17, 15) is 4.79 Å². The van der Waals surface area contributed by atoms with Gasteiger partial charge in [-0.05, 0) is 24.3 Å². The maximum Gasteiger partial charge on any atom is 0.365 e. The van der Waals surface area contributed by atoms with Crippen LogP contribution in [0.15, 0.2) is 64.2 Å². The van der Waals surface area contributed by atoms with Gasteiger partial charge in [-0.1, -0.05) is 51.4 Å². The average Bonchev–Trinajstić information content (AvgIpc) is 2.65. The summed E-state index contributed by atoms with van der Waals surface area (Å²) >= 11 is 3.42. The molecule has 0 saturated carbocycles. The van der Waals surface area contributed by atoms with Gasteiger partial charge in [0, 0.05) is 23.1 Å². The molecule has 1 heterocycles. The molecule has 124 valence electrons. The van der Waals surface area contributed by atoms with Crippen molar-refractivity contribution in [3.63, 3.8) is 0 Å². The number of nitrogens with zero attached hydrogens (tertiary/aromatic N) is 2. The van der Waals surface area contributed by atoms with Crippen LogP contribution in [-0.2, 0) is 9.57 Å². The Morgan fingerprint density at radius 1 is 1.00 bits per heavy atom. The van der Waals surface area contributed by atoms with Crippen LogP contribution in [0.1, 0.15) is 15.9 Å². The molecule has 0 atom stereocenters. The molecule has 3 rings (SSSR count). The standard InChI is InChI=1S/C18H17BrN2O3/c19-16-8-6-14(7-9-16)17(21-10-12-23-13-11-21)20-24-18(22)15-4-2-1-3-5-15/h1-9H,10-13H2/b20-17+. The molecule has 2 aromatic carbocycles. The van der Waals surface area contributed by atoms with E-state index in [-0.39, 0.29) is 0 Å². The van der Waals surface area contributed by atoms with E-state index < -0.39 is 5.97 Å². The minimum Gasteiger partial charge on any atom is -0.378 e. The van der Waals surface area contributed by atoms with E-state index >= 15 is 0 Å². The largest absolute Gasteiger partial charge is 0.378 e. The van der Waals surface area contributed by atoms with Crippen molar-refractivity contribution in [2.24, 2.45) is 5.16 Å². The molecule has 1 aliphatic rings. The van der Waals surface area contributed by atoms with E-state index in [0.29, 0.717) is 37.7 Å². The predicted octanol–water partition coefficient (Wildman–Crippen LogP) is 3.30. The summed E-state index contributed by atoms with van der Waals surface area (Å²) in [6.07, 6.45) is 0. The number of ether oxygens (including phenoxy) is 1. The topological polar surface area (TPSA) is 51.1 Å². The number of amidine groups is 1. The summed E-state index contributed by atoms with van der Waals surface area (Å²) in [6.45, 7) is 2.67. The van der Waals surface area contributed by atoms with Crippen molar-refractivity contribution in [1.82, 2.24) is 4.90 Å². The van der Waals surface area contributed by atoms with Crippen molar-refractivity contribution in [2.45, 2.75) is 0 Å². The molecule has 1 saturated heterocycles. The third-order valence-electron chi connectivity index (χ3n) is 3.64. The first-order valence-corrected chi connectivity index (χ1v) is 8.46. The molecule has 0 unspecified atom stereocenters. The van der Waals surface area contributed by atoms with Gasteiger partial charge >= 0.3 is 5.97 Å². The van der Waals surface area contributed by atoms with Crippen LogP contribution in [0, 0.1) is 0 Å². The van der Waals surface area contributed by atoms with Gasteiger partial charge in [-0.2, -0.15) is 0 Å². The maximum atomic E-state index is 12.1. The lowest BCUT2D eigenvalue weighted by atomic mass is 10.2. The van der Waals surface area contributed by atoms with Gasteiger partial charge in [0.25, 0.3) is 0 Å². The Hall–Kier alpha value is -2.18. The lowest BCUT2D eigenvalue weighted by molar-refractivity contribution is 0.0481. The van der Waals surface area contributed by atoms with Crippen molar-refractivity contribution in [2.75, 3.05) is 26.3 Å². The SMILES string of the molecule is O=C(O/N=C(\c1ccc(Br)cc1)N1CCOCC1)c1ccccc1. The summed E-state index contributed by atoms with van der Waals surface area (Å²) in [5, 5.41) is 4.15. The minimum absolute atomic E-state index is 0.471. The Kier molecular flexibility index (Phi) is 5.61. The Morgan fingerprint density at radius 2 is 1.67 bits per heavy atom. The van der Waals surface area contributed by atoms with Crippen molar-refractivity contribution in [1.29, 1.82) is 0 Å². The highest BCUT2D eigenvalue weighted by Crippen LogP contribution is 2.15. The molecule has 24 heavy (non-hydrogen) atoms. The summed E-state index contributed by atoms with van der Waals surface area (Å²) in [5.74, 6) is 0.161. The average molecular weight is 389 g/mol. The van der Waals surface area contributed by atoms with Gasteiger partial charge in [0.1, 0.15) is 0 Å². The van der Waals surface area contributed by atoms with Crippen LogP contribution < -0.4 is 0 Å². The van der Waals surface area contributed by atoms with Crippen molar-refractivity contribution < 1.29 is 14.4 Å². The molecular weight excluding hydrogens is 372 g/mol. The van der Waals surface area contributed by atoms with Crippen LogP contribution in [0.3, 0.4) is 0 Å². The van der Waals surface area contributed by atoms with Gasteiger partial charge in [-0.15, -0.1) is 0 Å². The van der Waals surface area contributed by atoms with E-state index in [1.807, 2.05) is 30.3 Å². The smallest absolute Gasteiger partial charge is 0.365 e. The summed E-state index contributed by atoms with van der Waals surface area (Å²) in [5.41, 5.74) is 1.36. The maximum absolute atomic E-state index is 12.1. The van der Waals surface area contributed by atoms with Gasteiger partial charge in [0.15, 0.2) is 5.84 Å². The minimum atomic E-state index is -0.474. The lowest BCUT2D eigenvalue weighted by Gasteiger charge is -2.29. The first-order valence-electron chi connectivity index (χ1n) is 7.67. The molecule has 0 amide bonds. The fraction of sp³-hybridized carbons (Fsp3) is 0.222. The first-order chi connectivity index (χ1) is 11.7. The highest BCUT2D eigenvalue weighted by Gasteiger charge is 2.18. The summed E-state index contributed by atoms with van der Waals surface area (Å²) in [4.78, 5) is 19.4. The van der Waals surface area contributed by atoms with Crippen LogP contribution in [0.5, 0.6) is 0 Å². The van der Waals surface area contributed by atoms with E-state index in [4.69, 9.17) is 9.57 Å². The van der Waals surface area contributed by atoms with Gasteiger partial charge in [-0.3, -0.25) is 0 Å². The second-order valence-corrected chi connectivity index (χ2v) is 6.18. The number of hydrogen-bond acceptors (Lipinski definition) is 4. The van der Waals surface area contributed by atoms with E-state index in [2.05, 4.69) is 26.0 Å². The van der Waals surface area contributed by atoms with Gasteiger partial charge in [0.05, 0.1) is 18.8 Å². The number of oxime groups is 1. The molecule has 2 aromatic rings. The van der Waals surface area contributed by atoms with Crippen LogP contribution in [0.4, 0.5) is 0 Å². The zero-order valence-corrected chi connectivity index (χ0v) is 14.6. The monoisotopic (exact) mass is 388 g/mol. The summed E-state index contributed by atoms with van der Waals surface area (Å²) in [6, 6.07) is 16.6. The van der Waals surface area contributed by atoms with Crippen molar-refractivity contribution >= 4 is 27.7 Å². The molecule has 1 aliphatic heterocycles. The van der Waals surface area contributed by atoms with E-state index in [1.54, 1.807) is 24.3 Å². The van der Waals surface area contributed by atoms with Crippen LogP contribution in [0.25, 0.3) is 0 Å². The van der Waals surface area contributed by atoms with E-state index in [0.717, 1.165) is 10.0 Å². The van der Waals surface area contributed by atoms with Crippen LogP contribution >= 0.6 is 15.9 Å². The quantitative estimate of drug-likeness (QED) is 0.350. The number of rotatable bonds is 3. The molecule has 0 radical (unpaired) electrons. The number of hydrogen-bond donors (Lipinski definition) is 0. The number of halogens is 1. The fourth-order valence-corrected chi connectivity index (χ4v) is 2.64. The number of carbonyl (C=O) groups excluding carboxylic acids is 1. The number of carbonyl (C=O) groups is 1. The van der Waals surface area contributed by atoms with E-state index in [1.165, 1.54) is 0 Å². The number of benzene rings is 2. The highest BCUT2D eigenvalue weighted by atomic mass is 79.9. The predicted molar refractivity (Wildman–Crippen MR) is 94.9 cm³/mol. The van der Waals surface area contributed by atoms with Crippen molar-refractivity contribution in [3.8, 4) is 0 Å². The molecule has 0 aliphatic carbocycles. The third-order valence-corrected chi connectivity index (χ3v) is 4.17. The van der Waals surface area contributed by atoms with Crippen LogP contribution in [-0.4, -0.2) is 43.0 Å². The Balaban J connectivity index is 1.83. The van der Waals surface area contributed by atoms with Gasteiger partial charge in [-0.25, -0.2) is 4.79 Å². The van der Waals surface area contributed by atoms with Crippen LogP contribution in [0.2, 0.25) is 0 Å². The first kappa shape index (κ1) is 16.7. The van der Waals surface area contributed by atoms with Gasteiger partial charge < -0.3 is 14.5 Å². The summed E-state index contributed by atoms with van der Waals surface area (Å²) in [7, 11) is 0. The lowest BCUT2D eigenvalue weighted by Crippen LogP contribution is -2.41. The molecular formula is C18H17BrN2O3. The Bertz CT molecular complexity index is 711. The molecule has 0 aromatic heterocycles. The van der Waals surface area contributed by atoms with Gasteiger partial charge in [0.2, 0.25) is 0 Å². The normalized spacial score (nSPS) is 15.2. The summed E-state index contributed by atoms with van der Waals surface area (Å²) < 4.78 is 6.37. The zero-order chi connectivity index (χ0) is 16.8. The fourth-order valence-electron chi connectivity index (χ4n) is 2.38.